The summed E-state index contributed by atoms with van der Waals surface area (Å²) in [6.07, 6.45) is 4.30. The monoisotopic (exact) mass is 375 g/mol. The lowest BCUT2D eigenvalue weighted by Crippen LogP contribution is -2.32. The number of ether oxygens (including phenoxy) is 1. The molecule has 0 radical (unpaired) electrons. The highest BCUT2D eigenvalue weighted by Crippen LogP contribution is 2.31. The third kappa shape index (κ3) is 3.79. The van der Waals surface area contributed by atoms with Crippen molar-refractivity contribution in [2.75, 3.05) is 20.2 Å². The number of hydrogen-bond acceptors (Lipinski definition) is 3. The maximum absolute atomic E-state index is 13.3. The second-order valence-electron chi connectivity index (χ2n) is 7.19. The SMILES string of the molecule is CCN(CC1CC1)C(=O)c1cn(-c2ccccc2)nc1-c1ccc(OC)cc1. The number of benzene rings is 2. The van der Waals surface area contributed by atoms with E-state index in [1.54, 1.807) is 11.8 Å². The van der Waals surface area contributed by atoms with Crippen molar-refractivity contribution in [2.45, 2.75) is 19.8 Å². The van der Waals surface area contributed by atoms with Crippen molar-refractivity contribution < 1.29 is 9.53 Å². The summed E-state index contributed by atoms with van der Waals surface area (Å²) in [5.41, 5.74) is 3.17. The molecule has 1 fully saturated rings. The van der Waals surface area contributed by atoms with E-state index in [1.807, 2.05) is 72.6 Å². The fourth-order valence-corrected chi connectivity index (χ4v) is 3.34. The van der Waals surface area contributed by atoms with Crippen LogP contribution in [0.15, 0.2) is 60.8 Å². The van der Waals surface area contributed by atoms with Gasteiger partial charge in [-0.25, -0.2) is 4.68 Å². The van der Waals surface area contributed by atoms with Crippen LogP contribution in [0.25, 0.3) is 16.9 Å². The number of nitrogens with zero attached hydrogens (tertiary/aromatic N) is 3. The first-order valence-corrected chi connectivity index (χ1v) is 9.78. The largest absolute Gasteiger partial charge is 0.497 e. The minimum atomic E-state index is 0.0439. The molecule has 1 aliphatic rings. The Morgan fingerprint density at radius 2 is 1.86 bits per heavy atom. The van der Waals surface area contributed by atoms with E-state index in [9.17, 15) is 4.79 Å². The van der Waals surface area contributed by atoms with Crippen molar-refractivity contribution in [2.24, 2.45) is 5.92 Å². The van der Waals surface area contributed by atoms with Gasteiger partial charge in [-0.05, 0) is 62.1 Å². The highest BCUT2D eigenvalue weighted by atomic mass is 16.5. The number of rotatable bonds is 7. The van der Waals surface area contributed by atoms with E-state index in [0.717, 1.165) is 23.5 Å². The summed E-state index contributed by atoms with van der Waals surface area (Å²) in [5, 5.41) is 4.77. The number of amides is 1. The van der Waals surface area contributed by atoms with E-state index < -0.39 is 0 Å². The standard InChI is InChI=1S/C23H25N3O2/c1-3-25(15-17-9-10-17)23(27)21-16-26(19-7-5-4-6-8-19)24-22(21)18-11-13-20(28-2)14-12-18/h4-8,11-14,16-17H,3,9-10,15H2,1-2H3. The predicted molar refractivity (Wildman–Crippen MR) is 110 cm³/mol. The fourth-order valence-electron chi connectivity index (χ4n) is 3.34. The molecule has 3 aromatic rings. The van der Waals surface area contributed by atoms with Gasteiger partial charge >= 0.3 is 0 Å². The first-order chi connectivity index (χ1) is 13.7. The van der Waals surface area contributed by atoms with Crippen molar-refractivity contribution in [1.29, 1.82) is 0 Å². The molecule has 5 heteroatoms. The average molecular weight is 375 g/mol. The van der Waals surface area contributed by atoms with Crippen molar-refractivity contribution >= 4 is 5.91 Å². The summed E-state index contributed by atoms with van der Waals surface area (Å²) in [5.74, 6) is 1.47. The molecule has 0 N–H and O–H groups in total. The average Bonchev–Trinajstić information content (AvgIpc) is 3.47. The molecule has 4 rings (SSSR count). The zero-order chi connectivity index (χ0) is 19.5. The maximum Gasteiger partial charge on any atom is 0.257 e. The Labute approximate surface area is 165 Å². The third-order valence-corrected chi connectivity index (χ3v) is 5.17. The lowest BCUT2D eigenvalue weighted by Gasteiger charge is -2.20. The molecule has 0 atom stereocenters. The van der Waals surface area contributed by atoms with Crippen LogP contribution in [0, 0.1) is 5.92 Å². The summed E-state index contributed by atoms with van der Waals surface area (Å²) in [6.45, 7) is 3.57. The third-order valence-electron chi connectivity index (χ3n) is 5.17. The van der Waals surface area contributed by atoms with E-state index in [-0.39, 0.29) is 5.91 Å². The lowest BCUT2D eigenvalue weighted by molar-refractivity contribution is 0.0757. The van der Waals surface area contributed by atoms with Gasteiger partial charge in [0.2, 0.25) is 0 Å². The van der Waals surface area contributed by atoms with Gasteiger partial charge in [-0.2, -0.15) is 5.10 Å². The molecule has 1 aromatic heterocycles. The first kappa shape index (κ1) is 18.3. The minimum Gasteiger partial charge on any atom is -0.497 e. The van der Waals surface area contributed by atoms with Crippen LogP contribution >= 0.6 is 0 Å². The minimum absolute atomic E-state index is 0.0439. The van der Waals surface area contributed by atoms with Crippen LogP contribution in [-0.2, 0) is 0 Å². The summed E-state index contributed by atoms with van der Waals surface area (Å²) in [7, 11) is 1.64. The van der Waals surface area contributed by atoms with Crippen LogP contribution in [-0.4, -0.2) is 40.8 Å². The van der Waals surface area contributed by atoms with Crippen LogP contribution in [0.3, 0.4) is 0 Å². The number of hydrogen-bond donors (Lipinski definition) is 0. The molecule has 1 aliphatic carbocycles. The first-order valence-electron chi connectivity index (χ1n) is 9.78. The highest BCUT2D eigenvalue weighted by Gasteiger charge is 2.29. The van der Waals surface area contributed by atoms with Crippen LogP contribution in [0.4, 0.5) is 0 Å². The van der Waals surface area contributed by atoms with Gasteiger partial charge in [0.05, 0.1) is 18.4 Å². The second-order valence-corrected chi connectivity index (χ2v) is 7.19. The number of para-hydroxylation sites is 1. The van der Waals surface area contributed by atoms with Crippen LogP contribution in [0.2, 0.25) is 0 Å². The van der Waals surface area contributed by atoms with Crippen LogP contribution in [0.5, 0.6) is 5.75 Å². The van der Waals surface area contributed by atoms with Gasteiger partial charge in [-0.15, -0.1) is 0 Å². The number of aromatic nitrogens is 2. The molecule has 144 valence electrons. The van der Waals surface area contributed by atoms with Gasteiger partial charge in [0.15, 0.2) is 0 Å². The molecule has 5 nitrogen and oxygen atoms in total. The molecule has 0 aliphatic heterocycles. The van der Waals surface area contributed by atoms with Crippen molar-refractivity contribution in [3.63, 3.8) is 0 Å². The summed E-state index contributed by atoms with van der Waals surface area (Å²) < 4.78 is 7.05. The molecule has 28 heavy (non-hydrogen) atoms. The number of carbonyl (C=O) groups is 1. The summed E-state index contributed by atoms with van der Waals surface area (Å²) in [4.78, 5) is 15.3. The van der Waals surface area contributed by atoms with E-state index in [1.165, 1.54) is 12.8 Å². The number of carbonyl (C=O) groups excluding carboxylic acids is 1. The fraction of sp³-hybridized carbons (Fsp3) is 0.304. The Morgan fingerprint density at radius 1 is 1.14 bits per heavy atom. The molecular formula is C23H25N3O2. The van der Waals surface area contributed by atoms with E-state index >= 15 is 0 Å². The quantitative estimate of drug-likeness (QED) is 0.614. The lowest BCUT2D eigenvalue weighted by atomic mass is 10.1. The van der Waals surface area contributed by atoms with Gasteiger partial charge in [0.25, 0.3) is 5.91 Å². The Hall–Kier alpha value is -3.08. The predicted octanol–water partition coefficient (Wildman–Crippen LogP) is 4.42. The Bertz CT molecular complexity index is 944. The zero-order valence-electron chi connectivity index (χ0n) is 16.3. The van der Waals surface area contributed by atoms with E-state index in [0.29, 0.717) is 23.7 Å². The van der Waals surface area contributed by atoms with Crippen LogP contribution in [0.1, 0.15) is 30.1 Å². The van der Waals surface area contributed by atoms with Gasteiger partial charge < -0.3 is 9.64 Å². The Morgan fingerprint density at radius 3 is 2.46 bits per heavy atom. The molecule has 0 saturated heterocycles. The zero-order valence-corrected chi connectivity index (χ0v) is 16.3. The molecule has 2 aromatic carbocycles. The summed E-state index contributed by atoms with van der Waals surface area (Å²) >= 11 is 0. The topological polar surface area (TPSA) is 47.4 Å². The van der Waals surface area contributed by atoms with Gasteiger partial charge in [-0.3, -0.25) is 4.79 Å². The van der Waals surface area contributed by atoms with Crippen molar-refractivity contribution in [3.8, 4) is 22.7 Å². The van der Waals surface area contributed by atoms with Crippen molar-refractivity contribution in [1.82, 2.24) is 14.7 Å². The maximum atomic E-state index is 13.3. The molecular weight excluding hydrogens is 350 g/mol. The molecule has 0 bridgehead atoms. The van der Waals surface area contributed by atoms with Gasteiger partial charge in [-0.1, -0.05) is 18.2 Å². The van der Waals surface area contributed by atoms with E-state index in [4.69, 9.17) is 9.84 Å². The molecule has 1 saturated carbocycles. The number of methoxy groups -OCH3 is 1. The molecule has 1 heterocycles. The normalized spacial score (nSPS) is 13.4. The molecule has 0 spiro atoms. The second kappa shape index (κ2) is 7.89. The highest BCUT2D eigenvalue weighted by molar-refractivity contribution is 6.00. The molecule has 0 unspecified atom stereocenters. The van der Waals surface area contributed by atoms with Crippen LogP contribution < -0.4 is 4.74 Å². The van der Waals surface area contributed by atoms with Gasteiger partial charge in [0.1, 0.15) is 11.4 Å². The van der Waals surface area contributed by atoms with Gasteiger partial charge in [0, 0.05) is 24.8 Å². The smallest absolute Gasteiger partial charge is 0.257 e. The molecule has 1 amide bonds. The Balaban J connectivity index is 1.75. The Kier molecular flexibility index (Phi) is 5.15. The van der Waals surface area contributed by atoms with E-state index in [2.05, 4.69) is 0 Å². The summed E-state index contributed by atoms with van der Waals surface area (Å²) in [6, 6.07) is 17.6. The van der Waals surface area contributed by atoms with Crippen molar-refractivity contribution in [3.05, 3.63) is 66.4 Å².